The normalized spacial score (nSPS) is 22.7. The fraction of sp³-hybridized carbons (Fsp3) is 0.589. The summed E-state index contributed by atoms with van der Waals surface area (Å²) >= 11 is 0. The van der Waals surface area contributed by atoms with Crippen LogP contribution in [0.5, 0.6) is 17.2 Å². The van der Waals surface area contributed by atoms with Gasteiger partial charge in [0.1, 0.15) is 59.7 Å². The lowest BCUT2D eigenvalue weighted by atomic mass is 9.72. The average molecular weight is 1180 g/mol. The number of carbonyl (C=O) groups is 10. The van der Waals surface area contributed by atoms with Crippen LogP contribution in [-0.2, 0) is 54.3 Å². The second-order valence-corrected chi connectivity index (χ2v) is 22.4. The Morgan fingerprint density at radius 3 is 2.17 bits per heavy atom. The van der Waals surface area contributed by atoms with Gasteiger partial charge < -0.3 is 88.0 Å². The van der Waals surface area contributed by atoms with E-state index in [1.807, 2.05) is 13.8 Å². The molecular weight excluding hydrogens is 1100 g/mol. The Labute approximate surface area is 484 Å². The van der Waals surface area contributed by atoms with E-state index >= 15 is 0 Å². The summed E-state index contributed by atoms with van der Waals surface area (Å²) in [5.74, 6) is -9.68. The summed E-state index contributed by atoms with van der Waals surface area (Å²) in [6, 6.07) is -1.69. The van der Waals surface area contributed by atoms with Gasteiger partial charge in [-0.15, -0.1) is 0 Å². The number of hydrogen-bond acceptors (Lipinski definition) is 19. The van der Waals surface area contributed by atoms with E-state index in [2.05, 4.69) is 36.9 Å². The van der Waals surface area contributed by atoms with Gasteiger partial charge in [-0.3, -0.25) is 52.9 Å². The third kappa shape index (κ3) is 15.3. The molecule has 28 nitrogen and oxygen atoms in total. The van der Waals surface area contributed by atoms with Crippen molar-refractivity contribution in [2.24, 2.45) is 28.3 Å². The molecule has 15 N–H and O–H groups in total. The van der Waals surface area contributed by atoms with Gasteiger partial charge in [0.2, 0.25) is 47.1 Å². The van der Waals surface area contributed by atoms with Crippen molar-refractivity contribution in [3.05, 3.63) is 51.6 Å². The number of aliphatic hydroxyl groups is 3. The van der Waals surface area contributed by atoms with Crippen LogP contribution in [-0.4, -0.2) is 189 Å². The number of hydrogen-bond donors (Lipinski definition) is 13. The molecule has 84 heavy (non-hydrogen) atoms. The molecule has 0 bridgehead atoms. The lowest BCUT2D eigenvalue weighted by Crippen LogP contribution is -2.60. The number of guanidine groups is 1. The Balaban J connectivity index is 1.18. The molecule has 2 aromatic carbocycles. The van der Waals surface area contributed by atoms with E-state index in [0.29, 0.717) is 12.8 Å². The molecule has 460 valence electrons. The number of ether oxygens (including phenoxy) is 3. The third-order valence-corrected chi connectivity index (χ3v) is 15.2. The Kier molecular flexibility index (Phi) is 21.9. The number of phenolic OH excluding ortho intramolecular Hbond substituents is 2. The molecule has 0 spiro atoms. The highest BCUT2D eigenvalue weighted by atomic mass is 16.7. The lowest BCUT2D eigenvalue weighted by molar-refractivity contribution is -0.249. The maximum absolute atomic E-state index is 14.4. The van der Waals surface area contributed by atoms with Crippen molar-refractivity contribution in [1.29, 1.82) is 0 Å². The first-order valence-electron chi connectivity index (χ1n) is 27.9. The zero-order chi connectivity index (χ0) is 62.1. The van der Waals surface area contributed by atoms with Gasteiger partial charge in [-0.2, -0.15) is 0 Å². The van der Waals surface area contributed by atoms with Crippen LogP contribution in [0.4, 0.5) is 0 Å². The number of aromatic hydroxyl groups is 2. The van der Waals surface area contributed by atoms with E-state index in [9.17, 15) is 73.5 Å². The minimum Gasteiger partial charge on any atom is -0.507 e. The number of phenols is 2. The minimum absolute atomic E-state index is 0.000267. The minimum atomic E-state index is -2.47. The molecule has 2 heterocycles. The molecule has 2 fully saturated rings. The van der Waals surface area contributed by atoms with Crippen LogP contribution in [0.25, 0.3) is 0 Å². The van der Waals surface area contributed by atoms with Crippen LogP contribution in [0.15, 0.2) is 23.2 Å². The number of fused-ring (bicyclic) bond motifs is 3. The predicted molar refractivity (Wildman–Crippen MR) is 297 cm³/mol. The van der Waals surface area contributed by atoms with Gasteiger partial charge >= 0.3 is 0 Å². The number of Topliss-reactive ketones (excluding diaryl/α,β-unsaturated/α-hetero) is 1. The molecule has 28 heteroatoms. The number of carbonyl (C=O) groups excluding carboxylic acids is 10. The average Bonchev–Trinajstić information content (AvgIpc) is 0.849. The van der Waals surface area contributed by atoms with Crippen LogP contribution >= 0.6 is 0 Å². The molecule has 2 aromatic rings. The molecule has 0 unspecified atom stereocenters. The highest BCUT2D eigenvalue weighted by molar-refractivity contribution is 6.31. The predicted octanol–water partition coefficient (Wildman–Crippen LogP) is -2.00. The zero-order valence-electron chi connectivity index (χ0n) is 48.1. The van der Waals surface area contributed by atoms with Crippen LogP contribution in [0, 0.1) is 11.8 Å². The number of methoxy groups -OCH3 is 1. The van der Waals surface area contributed by atoms with Gasteiger partial charge in [-0.05, 0) is 63.4 Å². The summed E-state index contributed by atoms with van der Waals surface area (Å²) in [6.45, 7) is 8.12. The summed E-state index contributed by atoms with van der Waals surface area (Å²) in [5, 5.41) is 72.7. The summed E-state index contributed by atoms with van der Waals surface area (Å²) < 4.78 is 17.7. The van der Waals surface area contributed by atoms with Gasteiger partial charge in [0, 0.05) is 56.0 Å². The van der Waals surface area contributed by atoms with Crippen LogP contribution in [0.3, 0.4) is 0 Å². The van der Waals surface area contributed by atoms with Crippen molar-refractivity contribution in [3.8, 4) is 17.2 Å². The van der Waals surface area contributed by atoms with Crippen LogP contribution < -0.4 is 48.1 Å². The summed E-state index contributed by atoms with van der Waals surface area (Å²) in [7, 11) is 1.27. The number of amides is 7. The number of aliphatic hydroxyl groups excluding tert-OH is 2. The van der Waals surface area contributed by atoms with E-state index in [0.717, 1.165) is 0 Å². The van der Waals surface area contributed by atoms with E-state index < -0.39 is 168 Å². The van der Waals surface area contributed by atoms with Crippen molar-refractivity contribution in [2.45, 2.75) is 160 Å². The quantitative estimate of drug-likeness (QED) is 0.0189. The molecule has 6 rings (SSSR count). The molecule has 4 aliphatic rings. The number of aliphatic imine (C=N–C) groups is 1. The smallest absolute Gasteiger partial charge is 0.243 e. The first-order valence-corrected chi connectivity index (χ1v) is 27.9. The lowest BCUT2D eigenvalue weighted by Gasteiger charge is -2.43. The molecule has 2 saturated heterocycles. The van der Waals surface area contributed by atoms with Crippen molar-refractivity contribution in [1.82, 2.24) is 36.8 Å². The molecule has 0 radical (unpaired) electrons. The van der Waals surface area contributed by atoms with E-state index in [1.54, 1.807) is 13.8 Å². The molecule has 0 aromatic heterocycles. The first-order chi connectivity index (χ1) is 39.6. The number of nitrogens with zero attached hydrogens (tertiary/aromatic N) is 2. The Morgan fingerprint density at radius 1 is 0.869 bits per heavy atom. The monoisotopic (exact) mass is 1180 g/mol. The third-order valence-electron chi connectivity index (χ3n) is 15.2. The first kappa shape index (κ1) is 65.4. The van der Waals surface area contributed by atoms with Gasteiger partial charge in [-0.25, -0.2) is 0 Å². The topological polar surface area (TPSA) is 439 Å². The standard InChI is InChI=1S/C56H78N10O18/c1-25(2)17-33(65-54(80)35-13-10-16-66(35)40(71)23-60-28(6)68)51(77)61-22-39(70)62-34(18-26(3)4)53(79)63-31(12-9-15-59-55(57)58)52(78)64-32-19-41(83-27(5)46(32)72)84-37-21-56(81,38(69)24-67)20-30-43(37)50(76)45-44(48(30)74)47(73)29-11-8-14-36(82-7)42(29)49(45)75/h8,11,14,25-27,31-35,37,41,46,67,72,74,76,81H,9-10,12-13,15-24H2,1-7H3,(H,60,68)(H,61,77)(H,62,70)(H,63,79)(H,64,78)(H,65,80)(H4,57,58,59)/t27-,31-,32-,33-,34-,35-,37-,41-,46+,56-/m0/s1. The fourth-order valence-electron chi connectivity index (χ4n) is 11.0. The molecule has 2 aliphatic carbocycles. The maximum Gasteiger partial charge on any atom is 0.243 e. The summed E-state index contributed by atoms with van der Waals surface area (Å²) in [6.07, 6.45) is -6.34. The van der Waals surface area contributed by atoms with Crippen LogP contribution in [0.1, 0.15) is 142 Å². The number of benzene rings is 2. The van der Waals surface area contributed by atoms with Crippen molar-refractivity contribution < 1.29 is 87.7 Å². The molecule has 2 aliphatic heterocycles. The number of nitrogens with two attached hydrogens (primary N) is 2. The van der Waals surface area contributed by atoms with Crippen molar-refractivity contribution >= 4 is 64.7 Å². The summed E-state index contributed by atoms with van der Waals surface area (Å²) in [4.78, 5) is 140. The van der Waals surface area contributed by atoms with Gasteiger partial charge in [0.15, 0.2) is 23.8 Å². The second-order valence-electron chi connectivity index (χ2n) is 22.4. The zero-order valence-corrected chi connectivity index (χ0v) is 48.1. The molecule has 7 amide bonds. The Morgan fingerprint density at radius 2 is 1.54 bits per heavy atom. The summed E-state index contributed by atoms with van der Waals surface area (Å²) in [5.41, 5.74) is 6.42. The van der Waals surface area contributed by atoms with Crippen LogP contribution in [0.2, 0.25) is 0 Å². The van der Waals surface area contributed by atoms with E-state index in [1.165, 1.54) is 44.1 Å². The molecule has 0 saturated carbocycles. The fourth-order valence-corrected chi connectivity index (χ4v) is 11.0. The second kappa shape index (κ2) is 28.2. The van der Waals surface area contributed by atoms with Gasteiger partial charge in [0.25, 0.3) is 0 Å². The Bertz CT molecular complexity index is 2910. The van der Waals surface area contributed by atoms with Crippen molar-refractivity contribution in [2.75, 3.05) is 39.9 Å². The van der Waals surface area contributed by atoms with Crippen molar-refractivity contribution in [3.63, 3.8) is 0 Å². The largest absolute Gasteiger partial charge is 0.507 e. The number of likely N-dealkylation sites (tertiary alicyclic amines) is 1. The SMILES string of the molecule is COc1cccc2c1C(=O)c1c(O)c3c(c(O)c1C2=O)C[C@@](O)(C(=O)CO)C[C@@H]3O[C@H]1C[C@H](NC(=O)[C@H](CCCN=C(N)N)NC(=O)[C@H](CC(C)C)NC(=O)CNC(=O)[C@H](CC(C)C)NC(=O)[C@@H]2CCCN2C(=O)CNC(C)=O)[C@H](O)[C@H](C)O1. The van der Waals surface area contributed by atoms with E-state index in [4.69, 9.17) is 25.7 Å². The van der Waals surface area contributed by atoms with E-state index in [-0.39, 0.29) is 97.5 Å². The highest BCUT2D eigenvalue weighted by Gasteiger charge is 2.51. The maximum atomic E-state index is 14.4. The highest BCUT2D eigenvalue weighted by Crippen LogP contribution is 2.52. The molecular formula is C56H78N10O18. The number of rotatable bonds is 25. The van der Waals surface area contributed by atoms with Gasteiger partial charge in [-0.1, -0.05) is 39.8 Å². The number of nitrogens with one attached hydrogen (secondary N) is 6. The Hall–Kier alpha value is -7.79. The van der Waals surface area contributed by atoms with Gasteiger partial charge in [0.05, 0.1) is 55.1 Å². The molecule has 10 atom stereocenters. The number of ketones is 3.